The molecule has 0 aromatic heterocycles. The number of benzene rings is 6. The Morgan fingerprint density at radius 2 is 0.980 bits per heavy atom. The standard InChI is InChI=1S/C22H21FO2.C22H19FO2/c2*1-15-10-20(25-14-17-6-4-3-5-7-17)11-16(2)22(15)18-8-9-21(23)19(12-18)13-24/h3-12,24H,13-14H2,1-2H3;3-13H,14H2,1-2H3. The van der Waals surface area contributed by atoms with E-state index in [-0.39, 0.29) is 18.0 Å². The number of ether oxygens (including phenoxy) is 2. The van der Waals surface area contributed by atoms with Crippen LogP contribution in [0.25, 0.3) is 22.3 Å². The maximum absolute atomic E-state index is 13.6. The molecule has 0 atom stereocenters. The number of aliphatic hydroxyl groups is 1. The molecule has 1 N–H and O–H groups in total. The van der Waals surface area contributed by atoms with Crippen molar-refractivity contribution in [2.24, 2.45) is 0 Å². The molecule has 6 aromatic rings. The first kappa shape index (κ1) is 35.7. The van der Waals surface area contributed by atoms with Crippen LogP contribution in [-0.4, -0.2) is 11.4 Å². The Hall–Kier alpha value is -5.59. The smallest absolute Gasteiger partial charge is 0.153 e. The van der Waals surface area contributed by atoms with Gasteiger partial charge in [0.25, 0.3) is 0 Å². The summed E-state index contributed by atoms with van der Waals surface area (Å²) in [5, 5.41) is 9.29. The molecule has 0 radical (unpaired) electrons. The molecule has 0 saturated carbocycles. The molecule has 0 bridgehead atoms. The van der Waals surface area contributed by atoms with Crippen LogP contribution in [0, 0.1) is 39.3 Å². The molecule has 0 saturated heterocycles. The summed E-state index contributed by atoms with van der Waals surface area (Å²) >= 11 is 0. The highest BCUT2D eigenvalue weighted by atomic mass is 19.1. The van der Waals surface area contributed by atoms with Crippen molar-refractivity contribution in [3.05, 3.63) is 177 Å². The van der Waals surface area contributed by atoms with Crippen LogP contribution in [-0.2, 0) is 19.8 Å². The average molecular weight is 671 g/mol. The monoisotopic (exact) mass is 670 g/mol. The molecular formula is C44H40F2O4. The van der Waals surface area contributed by atoms with Crippen LogP contribution < -0.4 is 9.47 Å². The number of rotatable bonds is 10. The summed E-state index contributed by atoms with van der Waals surface area (Å²) < 4.78 is 39.0. The second-order valence-corrected chi connectivity index (χ2v) is 12.2. The Balaban J connectivity index is 0.000000194. The quantitative estimate of drug-likeness (QED) is 0.147. The van der Waals surface area contributed by atoms with Gasteiger partial charge >= 0.3 is 0 Å². The Labute approximate surface area is 292 Å². The van der Waals surface area contributed by atoms with Gasteiger partial charge in [-0.25, -0.2) is 8.78 Å². The van der Waals surface area contributed by atoms with E-state index in [4.69, 9.17) is 9.47 Å². The normalized spacial score (nSPS) is 10.6. The van der Waals surface area contributed by atoms with Crippen molar-refractivity contribution in [3.8, 4) is 33.8 Å². The lowest BCUT2D eigenvalue weighted by Crippen LogP contribution is -1.98. The fourth-order valence-electron chi connectivity index (χ4n) is 6.05. The van der Waals surface area contributed by atoms with E-state index in [2.05, 4.69) is 0 Å². The summed E-state index contributed by atoms with van der Waals surface area (Å²) in [7, 11) is 0. The predicted octanol–water partition coefficient (Wildman–Crippen LogP) is 10.7. The summed E-state index contributed by atoms with van der Waals surface area (Å²) in [4.78, 5) is 11.0. The highest BCUT2D eigenvalue weighted by Crippen LogP contribution is 2.34. The van der Waals surface area contributed by atoms with Crippen LogP contribution in [0.1, 0.15) is 49.3 Å². The highest BCUT2D eigenvalue weighted by molar-refractivity contribution is 5.81. The zero-order chi connectivity index (χ0) is 35.6. The summed E-state index contributed by atoms with van der Waals surface area (Å²) in [5.41, 5.74) is 10.5. The number of carbonyl (C=O) groups is 1. The van der Waals surface area contributed by atoms with Gasteiger partial charge in [-0.1, -0.05) is 72.8 Å². The van der Waals surface area contributed by atoms with Gasteiger partial charge < -0.3 is 14.6 Å². The molecule has 0 amide bonds. The minimum Gasteiger partial charge on any atom is -0.489 e. The molecule has 6 rings (SSSR count). The van der Waals surface area contributed by atoms with Gasteiger partial charge in [-0.15, -0.1) is 0 Å². The second kappa shape index (κ2) is 16.7. The number of aryl methyl sites for hydroxylation is 4. The molecule has 0 fully saturated rings. The Kier molecular flexibility index (Phi) is 11.9. The Morgan fingerprint density at radius 1 is 0.560 bits per heavy atom. The Bertz CT molecular complexity index is 2030. The number of hydrogen-bond acceptors (Lipinski definition) is 4. The third kappa shape index (κ3) is 8.90. The fraction of sp³-hybridized carbons (Fsp3) is 0.159. The van der Waals surface area contributed by atoms with Crippen LogP contribution in [0.4, 0.5) is 8.78 Å². The van der Waals surface area contributed by atoms with Gasteiger partial charge in [0.1, 0.15) is 36.3 Å². The van der Waals surface area contributed by atoms with Gasteiger partial charge in [0, 0.05) is 5.56 Å². The molecule has 0 heterocycles. The fourth-order valence-corrected chi connectivity index (χ4v) is 6.05. The van der Waals surface area contributed by atoms with Gasteiger partial charge in [0.2, 0.25) is 0 Å². The highest BCUT2D eigenvalue weighted by Gasteiger charge is 2.13. The van der Waals surface area contributed by atoms with E-state index >= 15 is 0 Å². The summed E-state index contributed by atoms with van der Waals surface area (Å²) in [6.45, 7) is 8.72. The van der Waals surface area contributed by atoms with E-state index in [0.29, 0.717) is 25.1 Å². The van der Waals surface area contributed by atoms with E-state index in [1.807, 2.05) is 113 Å². The summed E-state index contributed by atoms with van der Waals surface area (Å²) in [6, 6.07) is 37.4. The Morgan fingerprint density at radius 3 is 1.40 bits per heavy atom. The number of halogens is 2. The number of carbonyl (C=O) groups excluding carboxylic acids is 1. The van der Waals surface area contributed by atoms with E-state index < -0.39 is 5.82 Å². The number of aliphatic hydroxyl groups excluding tert-OH is 1. The van der Waals surface area contributed by atoms with E-state index in [9.17, 15) is 18.7 Å². The first-order valence-electron chi connectivity index (χ1n) is 16.4. The van der Waals surface area contributed by atoms with Crippen molar-refractivity contribution in [2.75, 3.05) is 0 Å². The molecular weight excluding hydrogens is 630 g/mol. The van der Waals surface area contributed by atoms with Crippen molar-refractivity contribution in [2.45, 2.75) is 47.5 Å². The van der Waals surface area contributed by atoms with Gasteiger partial charge in [0.15, 0.2) is 6.29 Å². The molecule has 4 nitrogen and oxygen atoms in total. The molecule has 50 heavy (non-hydrogen) atoms. The van der Waals surface area contributed by atoms with Crippen LogP contribution in [0.5, 0.6) is 11.5 Å². The molecule has 254 valence electrons. The molecule has 0 unspecified atom stereocenters. The first-order chi connectivity index (χ1) is 24.2. The third-order valence-electron chi connectivity index (χ3n) is 8.43. The lowest BCUT2D eigenvalue weighted by Gasteiger charge is -2.15. The van der Waals surface area contributed by atoms with Crippen LogP contribution in [0.2, 0.25) is 0 Å². The minimum absolute atomic E-state index is 0.0701. The maximum Gasteiger partial charge on any atom is 0.153 e. The number of aldehydes is 1. The molecule has 6 aromatic carbocycles. The molecule has 0 aliphatic rings. The molecule has 0 spiro atoms. The van der Waals surface area contributed by atoms with E-state index in [1.54, 1.807) is 24.3 Å². The predicted molar refractivity (Wildman–Crippen MR) is 195 cm³/mol. The van der Waals surface area contributed by atoms with Crippen LogP contribution >= 0.6 is 0 Å². The average Bonchev–Trinajstić information content (AvgIpc) is 3.12. The SMILES string of the molecule is Cc1cc(OCc2ccccc2)cc(C)c1-c1ccc(F)c(C=O)c1.Cc1cc(OCc2ccccc2)cc(C)c1-c1ccc(F)c(CO)c1. The van der Waals surface area contributed by atoms with Crippen molar-refractivity contribution in [3.63, 3.8) is 0 Å². The van der Waals surface area contributed by atoms with Gasteiger partial charge in [-0.05, 0) is 132 Å². The van der Waals surface area contributed by atoms with Crippen molar-refractivity contribution in [1.82, 2.24) is 0 Å². The zero-order valence-electron chi connectivity index (χ0n) is 28.7. The summed E-state index contributed by atoms with van der Waals surface area (Å²) in [6.07, 6.45) is 0.543. The second-order valence-electron chi connectivity index (χ2n) is 12.2. The van der Waals surface area contributed by atoms with Crippen LogP contribution in [0.15, 0.2) is 121 Å². The largest absolute Gasteiger partial charge is 0.489 e. The molecule has 0 aliphatic heterocycles. The zero-order valence-corrected chi connectivity index (χ0v) is 28.7. The van der Waals surface area contributed by atoms with Crippen LogP contribution in [0.3, 0.4) is 0 Å². The lowest BCUT2D eigenvalue weighted by atomic mass is 9.94. The third-order valence-corrected chi connectivity index (χ3v) is 8.43. The lowest BCUT2D eigenvalue weighted by molar-refractivity contribution is 0.112. The topological polar surface area (TPSA) is 55.8 Å². The van der Waals surface area contributed by atoms with Gasteiger partial charge in [0.05, 0.1) is 12.2 Å². The number of hydrogen-bond donors (Lipinski definition) is 1. The van der Waals surface area contributed by atoms with E-state index in [0.717, 1.165) is 67.1 Å². The van der Waals surface area contributed by atoms with Crippen molar-refractivity contribution >= 4 is 6.29 Å². The van der Waals surface area contributed by atoms with Crippen molar-refractivity contribution < 1.29 is 28.2 Å². The van der Waals surface area contributed by atoms with E-state index in [1.165, 1.54) is 12.1 Å². The maximum atomic E-state index is 13.6. The van der Waals surface area contributed by atoms with Gasteiger partial charge in [-0.2, -0.15) is 0 Å². The summed E-state index contributed by atoms with van der Waals surface area (Å²) in [5.74, 6) is 0.716. The first-order valence-corrected chi connectivity index (χ1v) is 16.4. The van der Waals surface area contributed by atoms with Gasteiger partial charge in [-0.3, -0.25) is 4.79 Å². The molecule has 0 aliphatic carbocycles. The van der Waals surface area contributed by atoms with Crippen molar-refractivity contribution in [1.29, 1.82) is 0 Å². The molecule has 6 heteroatoms. The minimum atomic E-state index is -0.503.